The van der Waals surface area contributed by atoms with Crippen molar-refractivity contribution in [2.24, 2.45) is 11.8 Å². The predicted molar refractivity (Wildman–Crippen MR) is 163 cm³/mol. The van der Waals surface area contributed by atoms with Crippen molar-refractivity contribution in [3.05, 3.63) is 35.9 Å². The number of allylic oxidation sites excluding steroid dienone is 2. The summed E-state index contributed by atoms with van der Waals surface area (Å²) in [7, 11) is 1.50. The number of phenolic OH excluding ortho intramolecular Hbond substituents is 1. The first kappa shape index (κ1) is 34.7. The van der Waals surface area contributed by atoms with Crippen LogP contribution in [0.1, 0.15) is 135 Å². The molecule has 0 spiro atoms. The number of amides is 1. The monoisotopic (exact) mass is 543 g/mol. The Kier molecular flexibility index (Phi) is 20.0. The number of nitrogens with one attached hydrogen (secondary N) is 1. The largest absolute Gasteiger partial charge is 0.504 e. The fourth-order valence-electron chi connectivity index (χ4n) is 4.88. The molecule has 1 amide bonds. The van der Waals surface area contributed by atoms with Gasteiger partial charge in [-0.25, -0.2) is 0 Å². The molecule has 0 saturated carbocycles. The second-order valence-electron chi connectivity index (χ2n) is 11.3. The lowest BCUT2D eigenvalue weighted by molar-refractivity contribution is -0.134. The molecule has 0 heterocycles. The average molecular weight is 544 g/mol. The van der Waals surface area contributed by atoms with Crippen molar-refractivity contribution in [2.45, 2.75) is 136 Å². The molecule has 0 aliphatic rings. The summed E-state index contributed by atoms with van der Waals surface area (Å²) in [6, 6.07) is 5.01. The van der Waals surface area contributed by atoms with Gasteiger partial charge in [-0.1, -0.05) is 116 Å². The van der Waals surface area contributed by atoms with Crippen molar-refractivity contribution in [1.82, 2.24) is 5.32 Å². The van der Waals surface area contributed by atoms with Gasteiger partial charge >= 0.3 is 0 Å². The average Bonchev–Trinajstić information content (AvgIpc) is 2.92. The number of ketones is 1. The predicted octanol–water partition coefficient (Wildman–Crippen LogP) is 9.07. The first-order chi connectivity index (χ1) is 18.9. The minimum atomic E-state index is -0.603. The molecule has 0 aliphatic carbocycles. The third-order valence-electron chi connectivity index (χ3n) is 7.33. The van der Waals surface area contributed by atoms with Crippen molar-refractivity contribution in [3.8, 4) is 11.5 Å². The van der Waals surface area contributed by atoms with Gasteiger partial charge in [0.15, 0.2) is 11.5 Å². The van der Waals surface area contributed by atoms with E-state index in [2.05, 4.69) is 38.2 Å². The van der Waals surface area contributed by atoms with Crippen LogP contribution in [0, 0.1) is 11.8 Å². The maximum atomic E-state index is 13.1. The smallest absolute Gasteiger partial charge is 0.230 e. The van der Waals surface area contributed by atoms with Gasteiger partial charge in [0, 0.05) is 13.0 Å². The Morgan fingerprint density at radius 2 is 1.49 bits per heavy atom. The molecule has 39 heavy (non-hydrogen) atoms. The standard InChI is InChI=1S/C34H57NO4/c1-5-6-7-8-9-10-11-12-13-14-15-16-20-23-31(36)30(22-19-17-18-21-28(2)3)34(38)35-27-29-24-25-32(37)33(26-29)39-4/h18,21,24-26,28,30,37H,5-17,19-20,22-23,27H2,1-4H3,(H,35,38)/b21-18+. The van der Waals surface area contributed by atoms with Gasteiger partial charge in [0.05, 0.1) is 13.0 Å². The Morgan fingerprint density at radius 1 is 0.897 bits per heavy atom. The van der Waals surface area contributed by atoms with E-state index < -0.39 is 5.92 Å². The Bertz CT molecular complexity index is 817. The van der Waals surface area contributed by atoms with Gasteiger partial charge in [-0.15, -0.1) is 0 Å². The van der Waals surface area contributed by atoms with Gasteiger partial charge < -0.3 is 15.2 Å². The number of carbonyl (C=O) groups is 2. The maximum Gasteiger partial charge on any atom is 0.230 e. The van der Waals surface area contributed by atoms with E-state index in [-0.39, 0.29) is 17.4 Å². The molecule has 0 radical (unpaired) electrons. The Morgan fingerprint density at radius 3 is 2.05 bits per heavy atom. The van der Waals surface area contributed by atoms with Gasteiger partial charge in [0.2, 0.25) is 5.91 Å². The zero-order valence-electron chi connectivity index (χ0n) is 25.4. The summed E-state index contributed by atoms with van der Waals surface area (Å²) >= 11 is 0. The Labute approximate surface area is 239 Å². The number of rotatable bonds is 24. The lowest BCUT2D eigenvalue weighted by Crippen LogP contribution is -2.35. The van der Waals surface area contributed by atoms with E-state index in [9.17, 15) is 14.7 Å². The number of Topliss-reactive ketones (excluding diaryl/α,β-unsaturated/α-hetero) is 1. The van der Waals surface area contributed by atoms with Crippen molar-refractivity contribution in [2.75, 3.05) is 7.11 Å². The lowest BCUT2D eigenvalue weighted by Gasteiger charge is -2.16. The van der Waals surface area contributed by atoms with E-state index in [4.69, 9.17) is 4.74 Å². The van der Waals surface area contributed by atoms with E-state index in [1.54, 1.807) is 18.2 Å². The number of ether oxygens (including phenoxy) is 1. The molecule has 1 atom stereocenters. The van der Waals surface area contributed by atoms with Crippen molar-refractivity contribution in [3.63, 3.8) is 0 Å². The number of benzene rings is 1. The van der Waals surface area contributed by atoms with E-state index in [0.717, 1.165) is 31.2 Å². The van der Waals surface area contributed by atoms with Gasteiger partial charge in [0.25, 0.3) is 0 Å². The van der Waals surface area contributed by atoms with E-state index >= 15 is 0 Å². The molecule has 1 aromatic carbocycles. The second-order valence-corrected chi connectivity index (χ2v) is 11.3. The maximum absolute atomic E-state index is 13.1. The highest BCUT2D eigenvalue weighted by atomic mass is 16.5. The minimum Gasteiger partial charge on any atom is -0.504 e. The van der Waals surface area contributed by atoms with Crippen LogP contribution in [0.15, 0.2) is 30.4 Å². The summed E-state index contributed by atoms with van der Waals surface area (Å²) in [5.41, 5.74) is 0.820. The Balaban J connectivity index is 2.41. The molecular weight excluding hydrogens is 486 g/mol. The van der Waals surface area contributed by atoms with Gasteiger partial charge in [-0.3, -0.25) is 9.59 Å². The number of methoxy groups -OCH3 is 1. The lowest BCUT2D eigenvalue weighted by atomic mass is 9.92. The molecule has 1 rings (SSSR count). The second kappa shape index (κ2) is 22.5. The first-order valence-electron chi connectivity index (χ1n) is 15.7. The molecule has 1 aromatic rings. The molecule has 0 fully saturated rings. The third-order valence-corrected chi connectivity index (χ3v) is 7.33. The number of carbonyl (C=O) groups excluding carboxylic acids is 2. The Hall–Kier alpha value is -2.30. The van der Waals surface area contributed by atoms with Crippen LogP contribution in [0.25, 0.3) is 0 Å². The molecule has 5 heteroatoms. The number of phenols is 1. The van der Waals surface area contributed by atoms with Crippen LogP contribution >= 0.6 is 0 Å². The van der Waals surface area contributed by atoms with Gasteiger partial charge in [-0.05, 0) is 49.3 Å². The summed E-state index contributed by atoms with van der Waals surface area (Å²) in [5.74, 6) is 0.195. The summed E-state index contributed by atoms with van der Waals surface area (Å²) in [6.07, 6.45) is 23.6. The fraction of sp³-hybridized carbons (Fsp3) is 0.706. The zero-order valence-corrected chi connectivity index (χ0v) is 25.4. The molecule has 0 bridgehead atoms. The van der Waals surface area contributed by atoms with Crippen LogP contribution in [-0.2, 0) is 16.1 Å². The fourth-order valence-corrected chi connectivity index (χ4v) is 4.88. The molecule has 0 saturated heterocycles. The van der Waals surface area contributed by atoms with Gasteiger partial charge in [-0.2, -0.15) is 0 Å². The SMILES string of the molecule is CCCCCCCCCCCCCCCC(=O)C(CCC/C=C/C(C)C)C(=O)NCc1ccc(O)c(OC)c1. The molecule has 0 aromatic heterocycles. The number of aromatic hydroxyl groups is 1. The van der Waals surface area contributed by atoms with Crippen LogP contribution in [0.3, 0.4) is 0 Å². The molecule has 1 unspecified atom stereocenters. The number of hydrogen-bond acceptors (Lipinski definition) is 4. The first-order valence-corrected chi connectivity index (χ1v) is 15.7. The van der Waals surface area contributed by atoms with E-state index in [1.165, 1.54) is 77.7 Å². The molecule has 0 aliphatic heterocycles. The van der Waals surface area contributed by atoms with Crippen LogP contribution in [0.2, 0.25) is 0 Å². The molecule has 222 valence electrons. The normalized spacial score (nSPS) is 12.2. The number of hydrogen-bond donors (Lipinski definition) is 2. The third kappa shape index (κ3) is 17.1. The highest BCUT2D eigenvalue weighted by Crippen LogP contribution is 2.26. The molecule has 5 nitrogen and oxygen atoms in total. The van der Waals surface area contributed by atoms with Crippen molar-refractivity contribution in [1.29, 1.82) is 0 Å². The van der Waals surface area contributed by atoms with Crippen LogP contribution in [0.5, 0.6) is 11.5 Å². The summed E-state index contributed by atoms with van der Waals surface area (Å²) in [6.45, 7) is 6.84. The quantitative estimate of drug-likeness (QED) is 0.0774. The summed E-state index contributed by atoms with van der Waals surface area (Å²) in [5, 5.41) is 12.7. The molecular formula is C34H57NO4. The zero-order chi connectivity index (χ0) is 28.7. The highest BCUT2D eigenvalue weighted by molar-refractivity contribution is 6.01. The van der Waals surface area contributed by atoms with Gasteiger partial charge in [0.1, 0.15) is 5.78 Å². The van der Waals surface area contributed by atoms with E-state index in [1.807, 2.05) is 0 Å². The molecule has 2 N–H and O–H groups in total. The summed E-state index contributed by atoms with van der Waals surface area (Å²) < 4.78 is 5.16. The van der Waals surface area contributed by atoms with Crippen LogP contribution in [0.4, 0.5) is 0 Å². The topological polar surface area (TPSA) is 75.6 Å². The highest BCUT2D eigenvalue weighted by Gasteiger charge is 2.25. The van der Waals surface area contributed by atoms with Crippen molar-refractivity contribution < 1.29 is 19.4 Å². The summed E-state index contributed by atoms with van der Waals surface area (Å²) in [4.78, 5) is 26.1. The van der Waals surface area contributed by atoms with E-state index in [0.29, 0.717) is 31.1 Å². The minimum absolute atomic E-state index is 0.0618. The van der Waals surface area contributed by atoms with Crippen LogP contribution in [-0.4, -0.2) is 23.9 Å². The van der Waals surface area contributed by atoms with Crippen molar-refractivity contribution >= 4 is 11.7 Å². The number of unbranched alkanes of at least 4 members (excludes halogenated alkanes) is 13. The van der Waals surface area contributed by atoms with Crippen LogP contribution < -0.4 is 10.1 Å².